The van der Waals surface area contributed by atoms with Crippen molar-refractivity contribution in [2.24, 2.45) is 0 Å². The second-order valence-electron chi connectivity index (χ2n) is 2.70. The van der Waals surface area contributed by atoms with E-state index in [2.05, 4.69) is 4.98 Å². The van der Waals surface area contributed by atoms with Gasteiger partial charge in [0.1, 0.15) is 5.82 Å². The SMILES string of the molecule is CCC(C(=O)O)c1ccncc1F. The molecule has 0 saturated carbocycles. The molecule has 1 rings (SSSR count). The Morgan fingerprint density at radius 1 is 1.77 bits per heavy atom. The molecule has 0 bridgehead atoms. The van der Waals surface area contributed by atoms with Crippen LogP contribution in [0.5, 0.6) is 0 Å². The molecule has 0 radical (unpaired) electrons. The summed E-state index contributed by atoms with van der Waals surface area (Å²) in [7, 11) is 0. The van der Waals surface area contributed by atoms with Gasteiger partial charge in [0.2, 0.25) is 0 Å². The maximum atomic E-state index is 13.1. The number of aliphatic carboxylic acids is 1. The molecule has 0 aliphatic heterocycles. The molecule has 1 aromatic heterocycles. The average molecular weight is 183 g/mol. The van der Waals surface area contributed by atoms with E-state index in [0.717, 1.165) is 6.20 Å². The van der Waals surface area contributed by atoms with Crippen LogP contribution in [0.2, 0.25) is 0 Å². The molecule has 0 spiro atoms. The van der Waals surface area contributed by atoms with Gasteiger partial charge in [0.15, 0.2) is 0 Å². The van der Waals surface area contributed by atoms with Crippen LogP contribution in [0, 0.1) is 5.82 Å². The molecule has 0 saturated heterocycles. The Kier molecular flexibility index (Phi) is 2.95. The summed E-state index contributed by atoms with van der Waals surface area (Å²) in [6.45, 7) is 1.71. The van der Waals surface area contributed by atoms with E-state index >= 15 is 0 Å². The maximum absolute atomic E-state index is 13.1. The van der Waals surface area contributed by atoms with Gasteiger partial charge in [-0.25, -0.2) is 4.39 Å². The van der Waals surface area contributed by atoms with Gasteiger partial charge in [-0.2, -0.15) is 0 Å². The summed E-state index contributed by atoms with van der Waals surface area (Å²) in [6, 6.07) is 1.40. The van der Waals surface area contributed by atoms with Crippen LogP contribution in [0.15, 0.2) is 18.5 Å². The summed E-state index contributed by atoms with van der Waals surface area (Å²) in [5, 5.41) is 8.76. The number of aromatic nitrogens is 1. The predicted molar refractivity (Wildman–Crippen MR) is 44.9 cm³/mol. The van der Waals surface area contributed by atoms with Crippen molar-refractivity contribution >= 4 is 5.97 Å². The van der Waals surface area contributed by atoms with Crippen molar-refractivity contribution < 1.29 is 14.3 Å². The summed E-state index contributed by atoms with van der Waals surface area (Å²) in [5.41, 5.74) is 0.199. The summed E-state index contributed by atoms with van der Waals surface area (Å²) < 4.78 is 13.1. The first-order valence-corrected chi connectivity index (χ1v) is 3.99. The third-order valence-corrected chi connectivity index (χ3v) is 1.89. The highest BCUT2D eigenvalue weighted by atomic mass is 19.1. The summed E-state index contributed by atoms with van der Waals surface area (Å²) in [5.74, 6) is -2.34. The quantitative estimate of drug-likeness (QED) is 0.777. The van der Waals surface area contributed by atoms with Gasteiger partial charge in [0.05, 0.1) is 12.1 Å². The fraction of sp³-hybridized carbons (Fsp3) is 0.333. The number of rotatable bonds is 3. The molecule has 70 valence electrons. The number of carboxylic acid groups (broad SMARTS) is 1. The Morgan fingerprint density at radius 3 is 2.92 bits per heavy atom. The first-order chi connectivity index (χ1) is 6.16. The van der Waals surface area contributed by atoms with Gasteiger partial charge in [-0.05, 0) is 12.5 Å². The molecule has 1 heterocycles. The van der Waals surface area contributed by atoms with Crippen LogP contribution in [0.25, 0.3) is 0 Å². The van der Waals surface area contributed by atoms with E-state index in [1.807, 2.05) is 0 Å². The number of carboxylic acids is 1. The van der Waals surface area contributed by atoms with Gasteiger partial charge < -0.3 is 5.11 Å². The summed E-state index contributed by atoms with van der Waals surface area (Å²) in [6.07, 6.45) is 2.79. The van der Waals surface area contributed by atoms with Gasteiger partial charge in [0, 0.05) is 11.8 Å². The van der Waals surface area contributed by atoms with E-state index < -0.39 is 17.7 Å². The number of nitrogens with zero attached hydrogens (tertiary/aromatic N) is 1. The minimum Gasteiger partial charge on any atom is -0.481 e. The number of pyridine rings is 1. The summed E-state index contributed by atoms with van der Waals surface area (Å²) >= 11 is 0. The van der Waals surface area contributed by atoms with Crippen molar-refractivity contribution in [1.29, 1.82) is 0 Å². The zero-order valence-corrected chi connectivity index (χ0v) is 7.20. The number of halogens is 1. The minimum absolute atomic E-state index is 0.199. The van der Waals surface area contributed by atoms with Crippen LogP contribution in [0.3, 0.4) is 0 Å². The highest BCUT2D eigenvalue weighted by molar-refractivity contribution is 5.75. The number of carbonyl (C=O) groups is 1. The molecule has 3 nitrogen and oxygen atoms in total. The number of hydrogen-bond donors (Lipinski definition) is 1. The molecule has 0 fully saturated rings. The molecule has 1 aromatic rings. The molecular weight excluding hydrogens is 173 g/mol. The lowest BCUT2D eigenvalue weighted by atomic mass is 9.97. The first-order valence-electron chi connectivity index (χ1n) is 3.99. The molecule has 4 heteroatoms. The van der Waals surface area contributed by atoms with E-state index in [9.17, 15) is 9.18 Å². The Hall–Kier alpha value is -1.45. The summed E-state index contributed by atoms with van der Waals surface area (Å²) in [4.78, 5) is 14.2. The average Bonchev–Trinajstić information content (AvgIpc) is 2.09. The third-order valence-electron chi connectivity index (χ3n) is 1.89. The van der Waals surface area contributed by atoms with Crippen LogP contribution in [0.4, 0.5) is 4.39 Å². The Morgan fingerprint density at radius 2 is 2.46 bits per heavy atom. The van der Waals surface area contributed by atoms with E-state index in [0.29, 0.717) is 6.42 Å². The molecule has 0 aromatic carbocycles. The van der Waals surface area contributed by atoms with E-state index in [1.165, 1.54) is 12.3 Å². The molecule has 0 aliphatic rings. The Balaban J connectivity index is 3.04. The molecular formula is C9H10FNO2. The zero-order chi connectivity index (χ0) is 9.84. The largest absolute Gasteiger partial charge is 0.481 e. The zero-order valence-electron chi connectivity index (χ0n) is 7.20. The van der Waals surface area contributed by atoms with Crippen molar-refractivity contribution in [2.45, 2.75) is 19.3 Å². The topological polar surface area (TPSA) is 50.2 Å². The molecule has 13 heavy (non-hydrogen) atoms. The normalized spacial score (nSPS) is 12.5. The first kappa shape index (κ1) is 9.64. The van der Waals surface area contributed by atoms with Crippen LogP contribution in [-0.2, 0) is 4.79 Å². The van der Waals surface area contributed by atoms with Crippen molar-refractivity contribution in [3.63, 3.8) is 0 Å². The lowest BCUT2D eigenvalue weighted by molar-refractivity contribution is -0.138. The van der Waals surface area contributed by atoms with E-state index in [4.69, 9.17) is 5.11 Å². The smallest absolute Gasteiger partial charge is 0.311 e. The second-order valence-corrected chi connectivity index (χ2v) is 2.70. The lowest BCUT2D eigenvalue weighted by Gasteiger charge is -2.09. The fourth-order valence-corrected chi connectivity index (χ4v) is 1.20. The van der Waals surface area contributed by atoms with Crippen LogP contribution >= 0.6 is 0 Å². The molecule has 1 N–H and O–H groups in total. The molecule has 1 unspecified atom stereocenters. The van der Waals surface area contributed by atoms with Gasteiger partial charge in [-0.15, -0.1) is 0 Å². The van der Waals surface area contributed by atoms with Gasteiger partial charge in [-0.3, -0.25) is 9.78 Å². The van der Waals surface area contributed by atoms with Gasteiger partial charge >= 0.3 is 5.97 Å². The third kappa shape index (κ3) is 2.02. The van der Waals surface area contributed by atoms with Crippen LogP contribution in [0.1, 0.15) is 24.8 Å². The Labute approximate surface area is 75.2 Å². The van der Waals surface area contributed by atoms with Crippen LogP contribution < -0.4 is 0 Å². The molecule has 0 amide bonds. The predicted octanol–water partition coefficient (Wildman–Crippen LogP) is 1.80. The van der Waals surface area contributed by atoms with E-state index in [1.54, 1.807) is 6.92 Å². The van der Waals surface area contributed by atoms with Crippen molar-refractivity contribution in [2.75, 3.05) is 0 Å². The number of hydrogen-bond acceptors (Lipinski definition) is 2. The monoisotopic (exact) mass is 183 g/mol. The highest BCUT2D eigenvalue weighted by Gasteiger charge is 2.20. The minimum atomic E-state index is -1.01. The van der Waals surface area contributed by atoms with Crippen molar-refractivity contribution in [3.8, 4) is 0 Å². The van der Waals surface area contributed by atoms with E-state index in [-0.39, 0.29) is 5.56 Å². The van der Waals surface area contributed by atoms with Gasteiger partial charge in [0.25, 0.3) is 0 Å². The second kappa shape index (κ2) is 3.98. The molecule has 1 atom stereocenters. The van der Waals surface area contributed by atoms with Crippen molar-refractivity contribution in [3.05, 3.63) is 29.8 Å². The molecule has 0 aliphatic carbocycles. The van der Waals surface area contributed by atoms with Gasteiger partial charge in [-0.1, -0.05) is 6.92 Å². The highest BCUT2D eigenvalue weighted by Crippen LogP contribution is 2.21. The van der Waals surface area contributed by atoms with Crippen molar-refractivity contribution in [1.82, 2.24) is 4.98 Å². The lowest BCUT2D eigenvalue weighted by Crippen LogP contribution is -2.12. The standard InChI is InChI=1S/C9H10FNO2/c1-2-6(9(12)13)7-3-4-11-5-8(7)10/h3-6H,2H2,1H3,(H,12,13). The Bertz CT molecular complexity index is 314. The fourth-order valence-electron chi connectivity index (χ4n) is 1.20. The van der Waals surface area contributed by atoms with Crippen LogP contribution in [-0.4, -0.2) is 16.1 Å². The maximum Gasteiger partial charge on any atom is 0.311 e.